The number of aromatic nitrogens is 2. The molecule has 0 N–H and O–H groups in total. The zero-order valence-electron chi connectivity index (χ0n) is 18.5. The van der Waals surface area contributed by atoms with Crippen LogP contribution < -0.4 is 0 Å². The van der Waals surface area contributed by atoms with Crippen molar-refractivity contribution in [2.45, 2.75) is 13.8 Å². The van der Waals surface area contributed by atoms with Crippen molar-refractivity contribution in [2.24, 2.45) is 0 Å². The van der Waals surface area contributed by atoms with Crippen molar-refractivity contribution in [1.82, 2.24) is 9.97 Å². The Hall–Kier alpha value is -4.24. The summed E-state index contributed by atoms with van der Waals surface area (Å²) in [5.41, 5.74) is 7.65. The Balaban J connectivity index is 1.59. The van der Waals surface area contributed by atoms with Crippen LogP contribution in [0.1, 0.15) is 19.5 Å². The number of hydrogen-bond acceptors (Lipinski definition) is 3. The van der Waals surface area contributed by atoms with Crippen LogP contribution in [0.3, 0.4) is 0 Å². The molecule has 0 atom stereocenters. The number of rotatable bonds is 3. The minimum atomic E-state index is 0.701. The molecule has 0 unspecified atom stereocenters. The number of benzene rings is 4. The number of para-hydroxylation sites is 1. The standard InChI is InChI=1S/C30H22N2O/c1-3-19(2)27-29-28(25-15-6-7-17-26(25)33-29)32-30(31-27)22-13-8-12-21(18-22)24-16-9-11-20-10-4-5-14-23(20)24/h3-18H,1-2H3/b19-3+. The summed E-state index contributed by atoms with van der Waals surface area (Å²) < 4.78 is 6.17. The van der Waals surface area contributed by atoms with E-state index in [0.717, 1.165) is 44.5 Å². The van der Waals surface area contributed by atoms with E-state index in [0.29, 0.717) is 5.82 Å². The summed E-state index contributed by atoms with van der Waals surface area (Å²) in [5, 5.41) is 3.47. The highest BCUT2D eigenvalue weighted by Crippen LogP contribution is 2.35. The van der Waals surface area contributed by atoms with E-state index in [4.69, 9.17) is 14.4 Å². The molecule has 0 fully saturated rings. The predicted molar refractivity (Wildman–Crippen MR) is 137 cm³/mol. The van der Waals surface area contributed by atoms with Gasteiger partial charge in [-0.25, -0.2) is 9.97 Å². The van der Waals surface area contributed by atoms with E-state index in [9.17, 15) is 0 Å². The molecular formula is C30H22N2O. The summed E-state index contributed by atoms with van der Waals surface area (Å²) in [6, 6.07) is 31.4. The fraction of sp³-hybridized carbons (Fsp3) is 0.0667. The first kappa shape index (κ1) is 19.4. The number of allylic oxidation sites excluding steroid dienone is 2. The van der Waals surface area contributed by atoms with Crippen molar-refractivity contribution in [3.63, 3.8) is 0 Å². The van der Waals surface area contributed by atoms with Crippen molar-refractivity contribution in [1.29, 1.82) is 0 Å². The van der Waals surface area contributed by atoms with Crippen LogP contribution >= 0.6 is 0 Å². The van der Waals surface area contributed by atoms with Crippen LogP contribution in [0.25, 0.3) is 60.9 Å². The van der Waals surface area contributed by atoms with Gasteiger partial charge in [-0.1, -0.05) is 78.9 Å². The topological polar surface area (TPSA) is 38.9 Å². The smallest absolute Gasteiger partial charge is 0.179 e. The van der Waals surface area contributed by atoms with Crippen molar-refractivity contribution in [3.8, 4) is 22.5 Å². The molecule has 0 aliphatic carbocycles. The van der Waals surface area contributed by atoms with Gasteiger partial charge in [-0.3, -0.25) is 0 Å². The number of furan rings is 1. The van der Waals surface area contributed by atoms with Crippen molar-refractivity contribution >= 4 is 38.4 Å². The van der Waals surface area contributed by atoms with Gasteiger partial charge in [0.05, 0.1) is 0 Å². The third kappa shape index (κ3) is 3.21. The van der Waals surface area contributed by atoms with E-state index >= 15 is 0 Å². The molecule has 0 spiro atoms. The van der Waals surface area contributed by atoms with E-state index in [-0.39, 0.29) is 0 Å². The summed E-state index contributed by atoms with van der Waals surface area (Å²) in [6.45, 7) is 4.08. The number of hydrogen-bond donors (Lipinski definition) is 0. The number of nitrogens with zero attached hydrogens (tertiary/aromatic N) is 2. The molecule has 4 aromatic carbocycles. The second kappa shape index (κ2) is 7.72. The summed E-state index contributed by atoms with van der Waals surface area (Å²) in [5.74, 6) is 0.701. The van der Waals surface area contributed by atoms with Crippen LogP contribution in [0.2, 0.25) is 0 Å². The molecule has 3 heteroatoms. The Labute approximate surface area is 192 Å². The third-order valence-electron chi connectivity index (χ3n) is 6.25. The van der Waals surface area contributed by atoms with Gasteiger partial charge in [0.15, 0.2) is 11.4 Å². The van der Waals surface area contributed by atoms with Gasteiger partial charge in [-0.2, -0.15) is 0 Å². The van der Waals surface area contributed by atoms with E-state index in [2.05, 4.69) is 85.8 Å². The van der Waals surface area contributed by atoms with Gasteiger partial charge < -0.3 is 4.42 Å². The van der Waals surface area contributed by atoms with Gasteiger partial charge in [0.1, 0.15) is 16.8 Å². The largest absolute Gasteiger partial charge is 0.452 e. The lowest BCUT2D eigenvalue weighted by atomic mass is 9.97. The second-order valence-electron chi connectivity index (χ2n) is 8.25. The molecule has 0 radical (unpaired) electrons. The summed E-state index contributed by atoms with van der Waals surface area (Å²) >= 11 is 0. The van der Waals surface area contributed by atoms with E-state index < -0.39 is 0 Å². The highest BCUT2D eigenvalue weighted by Gasteiger charge is 2.17. The third-order valence-corrected chi connectivity index (χ3v) is 6.25. The van der Waals surface area contributed by atoms with Crippen molar-refractivity contribution in [2.75, 3.05) is 0 Å². The fourth-order valence-corrected chi connectivity index (χ4v) is 4.43. The molecule has 0 saturated heterocycles. The molecule has 3 nitrogen and oxygen atoms in total. The van der Waals surface area contributed by atoms with Crippen LogP contribution in [0, 0.1) is 0 Å². The maximum atomic E-state index is 6.17. The molecule has 0 aliphatic rings. The van der Waals surface area contributed by atoms with Crippen LogP contribution in [0.15, 0.2) is 101 Å². The first-order valence-corrected chi connectivity index (χ1v) is 11.1. The van der Waals surface area contributed by atoms with Crippen LogP contribution in [0.5, 0.6) is 0 Å². The van der Waals surface area contributed by atoms with Crippen LogP contribution in [-0.4, -0.2) is 9.97 Å². The lowest BCUT2D eigenvalue weighted by molar-refractivity contribution is 0.664. The maximum absolute atomic E-state index is 6.17. The van der Waals surface area contributed by atoms with E-state index in [1.807, 2.05) is 25.1 Å². The second-order valence-corrected chi connectivity index (χ2v) is 8.25. The molecular weight excluding hydrogens is 404 g/mol. The van der Waals surface area contributed by atoms with Gasteiger partial charge in [-0.15, -0.1) is 0 Å². The molecule has 0 aliphatic heterocycles. The lowest BCUT2D eigenvalue weighted by Crippen LogP contribution is -1.96. The molecule has 33 heavy (non-hydrogen) atoms. The van der Waals surface area contributed by atoms with Crippen molar-refractivity contribution < 1.29 is 4.42 Å². The highest BCUT2D eigenvalue weighted by molar-refractivity contribution is 6.05. The molecule has 6 aromatic rings. The Morgan fingerprint density at radius 3 is 2.36 bits per heavy atom. The first-order valence-electron chi connectivity index (χ1n) is 11.1. The molecule has 0 amide bonds. The van der Waals surface area contributed by atoms with E-state index in [1.54, 1.807) is 0 Å². The summed E-state index contributed by atoms with van der Waals surface area (Å²) in [6.07, 6.45) is 2.06. The zero-order valence-corrected chi connectivity index (χ0v) is 18.5. The SMILES string of the molecule is C/C=C(\C)c1nc(-c2cccc(-c3cccc4ccccc34)c2)nc2c1oc1ccccc12. The minimum Gasteiger partial charge on any atom is -0.452 e. The predicted octanol–water partition coefficient (Wildman–Crippen LogP) is 8.29. The Bertz CT molecular complexity index is 1690. The van der Waals surface area contributed by atoms with Gasteiger partial charge in [0.25, 0.3) is 0 Å². The highest BCUT2D eigenvalue weighted by atomic mass is 16.3. The van der Waals surface area contributed by atoms with Gasteiger partial charge in [0.2, 0.25) is 0 Å². The average molecular weight is 427 g/mol. The van der Waals surface area contributed by atoms with Gasteiger partial charge in [-0.05, 0) is 59.5 Å². The normalized spacial score (nSPS) is 12.1. The first-order chi connectivity index (χ1) is 16.2. The maximum Gasteiger partial charge on any atom is 0.179 e. The molecule has 2 aromatic heterocycles. The molecule has 0 bridgehead atoms. The minimum absolute atomic E-state index is 0.701. The molecule has 6 rings (SSSR count). The van der Waals surface area contributed by atoms with E-state index in [1.165, 1.54) is 16.3 Å². The lowest BCUT2D eigenvalue weighted by Gasteiger charge is -2.10. The monoisotopic (exact) mass is 426 g/mol. The van der Waals surface area contributed by atoms with Gasteiger partial charge >= 0.3 is 0 Å². The molecule has 2 heterocycles. The Morgan fingerprint density at radius 2 is 1.48 bits per heavy atom. The van der Waals surface area contributed by atoms with Gasteiger partial charge in [0, 0.05) is 10.9 Å². The molecule has 0 saturated carbocycles. The quantitative estimate of drug-likeness (QED) is 0.286. The van der Waals surface area contributed by atoms with Crippen molar-refractivity contribution in [3.05, 3.63) is 103 Å². The number of fused-ring (bicyclic) bond motifs is 4. The zero-order chi connectivity index (χ0) is 22.4. The summed E-state index contributed by atoms with van der Waals surface area (Å²) in [7, 11) is 0. The fourth-order valence-electron chi connectivity index (χ4n) is 4.43. The average Bonchev–Trinajstić information content (AvgIpc) is 3.26. The van der Waals surface area contributed by atoms with Crippen LogP contribution in [0.4, 0.5) is 0 Å². The Kier molecular flexibility index (Phi) is 4.55. The Morgan fingerprint density at radius 1 is 0.758 bits per heavy atom. The van der Waals surface area contributed by atoms with Crippen LogP contribution in [-0.2, 0) is 0 Å². The molecule has 158 valence electrons. The summed E-state index contributed by atoms with van der Waals surface area (Å²) in [4.78, 5) is 9.94.